The minimum absolute atomic E-state index is 0.0790. The smallest absolute Gasteiger partial charge is 0.309 e. The van der Waals surface area contributed by atoms with Gasteiger partial charge in [-0.15, -0.1) is 11.8 Å². The van der Waals surface area contributed by atoms with Crippen molar-refractivity contribution in [2.45, 2.75) is 36.8 Å². The van der Waals surface area contributed by atoms with Crippen molar-refractivity contribution in [3.8, 4) is 11.5 Å². The van der Waals surface area contributed by atoms with Crippen molar-refractivity contribution in [1.82, 2.24) is 9.88 Å². The predicted molar refractivity (Wildman–Crippen MR) is 146 cm³/mol. The number of ether oxygens (including phenoxy) is 2. The number of methoxy groups -OCH3 is 2. The minimum atomic E-state index is -1.40. The number of benzene rings is 2. The van der Waals surface area contributed by atoms with Gasteiger partial charge in [0.2, 0.25) is 0 Å². The van der Waals surface area contributed by atoms with E-state index >= 15 is 4.39 Å². The van der Waals surface area contributed by atoms with Crippen molar-refractivity contribution < 1.29 is 23.8 Å². The molecule has 1 aliphatic rings. The average molecular weight is 547 g/mol. The van der Waals surface area contributed by atoms with Gasteiger partial charge in [-0.25, -0.2) is 4.39 Å². The number of aliphatic carboxylic acids is 1. The number of pyridine rings is 1. The molecule has 0 unspecified atom stereocenters. The fraction of sp³-hybridized carbons (Fsp3) is 0.429. The zero-order valence-corrected chi connectivity index (χ0v) is 22.7. The van der Waals surface area contributed by atoms with Gasteiger partial charge in [0.05, 0.1) is 30.2 Å². The van der Waals surface area contributed by atoms with Crippen LogP contribution in [0.5, 0.6) is 11.5 Å². The summed E-state index contributed by atoms with van der Waals surface area (Å²) in [4.78, 5) is 20.1. The van der Waals surface area contributed by atoms with E-state index in [-0.39, 0.29) is 17.9 Å². The Morgan fingerprint density at radius 1 is 1.16 bits per heavy atom. The topological polar surface area (TPSA) is 71.9 Å². The fourth-order valence-corrected chi connectivity index (χ4v) is 6.08. The van der Waals surface area contributed by atoms with E-state index in [2.05, 4.69) is 9.88 Å². The second-order valence-electron chi connectivity index (χ2n) is 9.36. The maximum absolute atomic E-state index is 15.6. The Balaban J connectivity index is 1.35. The van der Waals surface area contributed by atoms with Gasteiger partial charge in [0.1, 0.15) is 17.7 Å². The van der Waals surface area contributed by atoms with Gasteiger partial charge in [-0.05, 0) is 81.2 Å². The molecule has 198 valence electrons. The summed E-state index contributed by atoms with van der Waals surface area (Å²) in [5, 5.41) is 10.9. The lowest BCUT2D eigenvalue weighted by Crippen LogP contribution is -2.45. The number of rotatable bonds is 11. The molecule has 0 aliphatic carbocycles. The van der Waals surface area contributed by atoms with E-state index in [0.29, 0.717) is 48.1 Å². The maximum atomic E-state index is 15.6. The fourth-order valence-electron chi connectivity index (χ4n) is 4.90. The molecule has 1 saturated heterocycles. The molecule has 2 heterocycles. The Labute approximate surface area is 226 Å². The number of alkyl halides is 1. The van der Waals surface area contributed by atoms with Crippen LogP contribution >= 0.6 is 23.4 Å². The van der Waals surface area contributed by atoms with Crippen LogP contribution < -0.4 is 9.47 Å². The quantitative estimate of drug-likeness (QED) is 0.270. The number of hydrogen-bond acceptors (Lipinski definition) is 6. The van der Waals surface area contributed by atoms with Crippen LogP contribution in [0.1, 0.15) is 37.4 Å². The van der Waals surface area contributed by atoms with Crippen molar-refractivity contribution in [2.75, 3.05) is 39.6 Å². The second kappa shape index (κ2) is 12.3. The average Bonchev–Trinajstić information content (AvgIpc) is 2.92. The highest BCUT2D eigenvalue weighted by atomic mass is 35.5. The highest BCUT2D eigenvalue weighted by Crippen LogP contribution is 2.42. The molecule has 0 saturated carbocycles. The van der Waals surface area contributed by atoms with Crippen LogP contribution in [0.25, 0.3) is 10.9 Å². The molecule has 0 bridgehead atoms. The lowest BCUT2D eigenvalue weighted by Gasteiger charge is -2.39. The Bertz CT molecular complexity index is 1220. The van der Waals surface area contributed by atoms with Crippen molar-refractivity contribution in [1.29, 1.82) is 0 Å². The summed E-state index contributed by atoms with van der Waals surface area (Å²) in [5.41, 5.74) is 0.0347. The molecule has 1 N–H and O–H groups in total. The Kier molecular flexibility index (Phi) is 9.16. The predicted octanol–water partition coefficient (Wildman–Crippen LogP) is 6.66. The SMILES string of the molecule is COc1ccc(SCCN2CCC(CC[C@H](F)c3c(Cl)cnc4ccc(OC)cc34)(C(=O)O)CC2)cc1. The number of carbonyl (C=O) groups is 1. The Morgan fingerprint density at radius 3 is 2.49 bits per heavy atom. The minimum Gasteiger partial charge on any atom is -0.497 e. The van der Waals surface area contributed by atoms with Gasteiger partial charge in [-0.2, -0.15) is 0 Å². The normalized spacial score (nSPS) is 16.4. The second-order valence-corrected chi connectivity index (χ2v) is 10.9. The molecule has 1 fully saturated rings. The highest BCUT2D eigenvalue weighted by molar-refractivity contribution is 7.99. The third-order valence-electron chi connectivity index (χ3n) is 7.26. The monoisotopic (exact) mass is 546 g/mol. The lowest BCUT2D eigenvalue weighted by molar-refractivity contribution is -0.153. The number of hydrogen-bond donors (Lipinski definition) is 1. The number of carboxylic acids is 1. The first kappa shape index (κ1) is 27.5. The zero-order valence-electron chi connectivity index (χ0n) is 21.1. The molecule has 3 aromatic rings. The molecule has 0 spiro atoms. The molecule has 0 radical (unpaired) electrons. The van der Waals surface area contributed by atoms with Crippen LogP contribution in [0.2, 0.25) is 5.02 Å². The summed E-state index contributed by atoms with van der Waals surface area (Å²) in [6.45, 7) is 2.24. The van der Waals surface area contributed by atoms with Gasteiger partial charge in [0, 0.05) is 34.3 Å². The number of carboxylic acid groups (broad SMARTS) is 1. The first-order valence-corrected chi connectivity index (χ1v) is 13.7. The molecular weight excluding hydrogens is 515 g/mol. The Hall–Kier alpha value is -2.55. The molecule has 6 nitrogen and oxygen atoms in total. The summed E-state index contributed by atoms with van der Waals surface area (Å²) in [5.74, 6) is 1.49. The van der Waals surface area contributed by atoms with E-state index in [4.69, 9.17) is 21.1 Å². The van der Waals surface area contributed by atoms with Gasteiger partial charge in [0.15, 0.2) is 0 Å². The van der Waals surface area contributed by atoms with Gasteiger partial charge in [-0.3, -0.25) is 9.78 Å². The molecule has 37 heavy (non-hydrogen) atoms. The number of thioether (sulfide) groups is 1. The number of nitrogens with zero attached hydrogens (tertiary/aromatic N) is 2. The van der Waals surface area contributed by atoms with Crippen LogP contribution in [0.4, 0.5) is 4.39 Å². The molecular formula is C28H32ClFN2O4S. The van der Waals surface area contributed by atoms with E-state index in [1.54, 1.807) is 44.2 Å². The lowest BCUT2D eigenvalue weighted by atomic mass is 9.74. The van der Waals surface area contributed by atoms with E-state index < -0.39 is 17.6 Å². The number of fused-ring (bicyclic) bond motifs is 1. The molecule has 2 aromatic carbocycles. The standard InChI is InChI=1S/C28H32ClFN2O4S/c1-35-19-3-6-21(7-4-19)37-16-15-32-13-11-28(12-14-32,27(33)34)10-9-24(30)26-22-17-20(36-2)5-8-25(22)31-18-23(26)29/h3-8,17-18,24H,9-16H2,1-2H3,(H,33,34)/t24-/m0/s1. The number of piperidine rings is 1. The van der Waals surface area contributed by atoms with Crippen LogP contribution in [0.15, 0.2) is 53.6 Å². The van der Waals surface area contributed by atoms with Gasteiger partial charge in [-0.1, -0.05) is 11.6 Å². The van der Waals surface area contributed by atoms with Crippen molar-refractivity contribution >= 4 is 40.2 Å². The van der Waals surface area contributed by atoms with Crippen LogP contribution in [-0.4, -0.2) is 60.6 Å². The molecule has 1 aromatic heterocycles. The zero-order chi connectivity index (χ0) is 26.4. The van der Waals surface area contributed by atoms with E-state index in [9.17, 15) is 9.90 Å². The third-order valence-corrected chi connectivity index (χ3v) is 8.55. The summed E-state index contributed by atoms with van der Waals surface area (Å²) >= 11 is 8.13. The molecule has 1 atom stereocenters. The van der Waals surface area contributed by atoms with Gasteiger partial charge in [0.25, 0.3) is 0 Å². The summed E-state index contributed by atoms with van der Waals surface area (Å²) in [7, 11) is 3.20. The molecule has 9 heteroatoms. The Morgan fingerprint density at radius 2 is 1.84 bits per heavy atom. The first-order valence-electron chi connectivity index (χ1n) is 12.3. The number of aromatic nitrogens is 1. The van der Waals surface area contributed by atoms with Gasteiger partial charge < -0.3 is 19.5 Å². The van der Waals surface area contributed by atoms with Crippen molar-refractivity contribution in [3.63, 3.8) is 0 Å². The largest absolute Gasteiger partial charge is 0.497 e. The van der Waals surface area contributed by atoms with E-state index in [1.807, 2.05) is 24.3 Å². The van der Waals surface area contributed by atoms with Crippen LogP contribution in [0, 0.1) is 5.41 Å². The summed E-state index contributed by atoms with van der Waals surface area (Å²) < 4.78 is 26.1. The van der Waals surface area contributed by atoms with Crippen molar-refractivity contribution in [2.24, 2.45) is 5.41 Å². The highest BCUT2D eigenvalue weighted by Gasteiger charge is 2.41. The summed E-state index contributed by atoms with van der Waals surface area (Å²) in [6, 6.07) is 13.2. The number of halogens is 2. The maximum Gasteiger partial charge on any atom is 0.309 e. The molecule has 1 aliphatic heterocycles. The van der Waals surface area contributed by atoms with E-state index in [0.717, 1.165) is 18.0 Å². The first-order chi connectivity index (χ1) is 17.8. The van der Waals surface area contributed by atoms with Crippen LogP contribution in [0.3, 0.4) is 0 Å². The van der Waals surface area contributed by atoms with Crippen LogP contribution in [-0.2, 0) is 4.79 Å². The third kappa shape index (κ3) is 6.48. The van der Waals surface area contributed by atoms with Gasteiger partial charge >= 0.3 is 5.97 Å². The molecule has 4 rings (SSSR count). The van der Waals surface area contributed by atoms with E-state index in [1.165, 1.54) is 11.1 Å². The molecule has 0 amide bonds. The summed E-state index contributed by atoms with van der Waals surface area (Å²) in [6.07, 6.45) is 1.38. The number of likely N-dealkylation sites (tertiary alicyclic amines) is 1. The van der Waals surface area contributed by atoms with Crippen molar-refractivity contribution in [3.05, 3.63) is 59.2 Å².